The van der Waals surface area contributed by atoms with Gasteiger partial charge in [0.2, 0.25) is 0 Å². The number of benzene rings is 2. The lowest BCUT2D eigenvalue weighted by Crippen LogP contribution is -2.56. The lowest BCUT2D eigenvalue weighted by atomic mass is 9.89. The number of carbonyl (C=O) groups is 1. The van der Waals surface area contributed by atoms with Gasteiger partial charge in [-0.15, -0.1) is 0 Å². The second kappa shape index (κ2) is 16.1. The molecule has 47 heavy (non-hydrogen) atoms. The predicted octanol–water partition coefficient (Wildman–Crippen LogP) is 10.6. The van der Waals surface area contributed by atoms with Gasteiger partial charge in [-0.25, -0.2) is 4.79 Å². The van der Waals surface area contributed by atoms with Gasteiger partial charge in [0, 0.05) is 19.2 Å². The number of alkyl halides is 3. The van der Waals surface area contributed by atoms with Gasteiger partial charge in [0.05, 0.1) is 23.9 Å². The molecular weight excluding hydrogens is 674 g/mol. The fraction of sp³-hybridized carbons (Fsp3) is 0.606. The Morgan fingerprint density at radius 1 is 0.936 bits per heavy atom. The Morgan fingerprint density at radius 3 is 2.09 bits per heavy atom. The van der Waals surface area contributed by atoms with Crippen LogP contribution in [0.1, 0.15) is 71.9 Å². The van der Waals surface area contributed by atoms with Crippen molar-refractivity contribution in [2.45, 2.75) is 103 Å². The van der Waals surface area contributed by atoms with Crippen LogP contribution in [0.3, 0.4) is 0 Å². The third kappa shape index (κ3) is 13.0. The second-order valence-corrected chi connectivity index (χ2v) is 21.8. The van der Waals surface area contributed by atoms with Crippen molar-refractivity contribution >= 4 is 33.6 Å². The van der Waals surface area contributed by atoms with Gasteiger partial charge < -0.3 is 28.3 Å². The molecule has 0 spiro atoms. The first kappa shape index (κ1) is 41.1. The number of nitrogens with one attached hydrogen (secondary N) is 1. The second-order valence-electron chi connectivity index (χ2n) is 14.1. The first-order chi connectivity index (χ1) is 21.4. The van der Waals surface area contributed by atoms with Gasteiger partial charge >= 0.3 is 19.9 Å². The number of alkyl carbamates (subject to hydrolysis) is 1. The quantitative estimate of drug-likeness (QED) is 0.144. The Balaban J connectivity index is 2.35. The molecule has 14 heteroatoms. The van der Waals surface area contributed by atoms with Crippen molar-refractivity contribution in [2.75, 3.05) is 27.0 Å². The van der Waals surface area contributed by atoms with E-state index in [1.54, 1.807) is 39.0 Å². The standard InChI is InChI=1S/C33H50ClF3NO7PSi/c1-30(2,3)45-29(39)38-32(19-20-46(40,41-7)42-8,23-43-47(9,10)31(4,5)6)18-12-13-24-16-17-27(22-28(24)34)44-26-15-11-14-25(21-26)33(35,36)37/h11,14-17,21-22H,12-13,18-20,23H2,1-10H3,(H,38,39). The number of aryl methyl sites for hydroxylation is 1. The fourth-order valence-corrected chi connectivity index (χ4v) is 6.93. The number of halogens is 4. The van der Waals surface area contributed by atoms with Crippen LogP contribution in [0.25, 0.3) is 0 Å². The molecule has 0 radical (unpaired) electrons. The summed E-state index contributed by atoms with van der Waals surface area (Å²) < 4.78 is 80.9. The number of carbonyl (C=O) groups excluding carboxylic acids is 1. The summed E-state index contributed by atoms with van der Waals surface area (Å²) in [5.74, 6) is 0.324. The Hall–Kier alpha value is -2.08. The average molecular weight is 724 g/mol. The highest BCUT2D eigenvalue weighted by Gasteiger charge is 2.42. The van der Waals surface area contributed by atoms with E-state index in [1.807, 2.05) is 0 Å². The summed E-state index contributed by atoms with van der Waals surface area (Å²) in [6, 6.07) is 9.56. The molecule has 0 heterocycles. The number of hydrogen-bond acceptors (Lipinski definition) is 7. The van der Waals surface area contributed by atoms with E-state index in [2.05, 4.69) is 39.2 Å². The van der Waals surface area contributed by atoms with E-state index in [0.29, 0.717) is 24.3 Å². The smallest absolute Gasteiger partial charge is 0.416 e. The van der Waals surface area contributed by atoms with Gasteiger partial charge in [-0.1, -0.05) is 44.5 Å². The van der Waals surface area contributed by atoms with E-state index < -0.39 is 44.9 Å². The molecule has 1 unspecified atom stereocenters. The lowest BCUT2D eigenvalue weighted by molar-refractivity contribution is -0.137. The number of hydrogen-bond donors (Lipinski definition) is 1. The van der Waals surface area contributed by atoms with Gasteiger partial charge in [-0.3, -0.25) is 4.57 Å². The number of ether oxygens (including phenoxy) is 2. The molecule has 0 aliphatic heterocycles. The summed E-state index contributed by atoms with van der Waals surface area (Å²) in [6.07, 6.45) is -3.44. The van der Waals surface area contributed by atoms with Crippen LogP contribution >= 0.6 is 19.2 Å². The van der Waals surface area contributed by atoms with E-state index in [4.69, 9.17) is 34.5 Å². The van der Waals surface area contributed by atoms with E-state index in [9.17, 15) is 22.5 Å². The van der Waals surface area contributed by atoms with Crippen LogP contribution in [0.2, 0.25) is 23.2 Å². The summed E-state index contributed by atoms with van der Waals surface area (Å²) in [4.78, 5) is 13.2. The zero-order valence-corrected chi connectivity index (χ0v) is 31.8. The van der Waals surface area contributed by atoms with Crippen molar-refractivity contribution < 1.29 is 45.5 Å². The maximum Gasteiger partial charge on any atom is 0.416 e. The summed E-state index contributed by atoms with van der Waals surface area (Å²) in [5, 5.41) is 3.32. The van der Waals surface area contributed by atoms with Crippen LogP contribution in [0.4, 0.5) is 18.0 Å². The van der Waals surface area contributed by atoms with Crippen LogP contribution in [0.5, 0.6) is 11.5 Å². The highest BCUT2D eigenvalue weighted by molar-refractivity contribution is 7.53. The molecule has 2 aromatic rings. The van der Waals surface area contributed by atoms with Gasteiger partial charge in [0.1, 0.15) is 17.1 Å². The van der Waals surface area contributed by atoms with Gasteiger partial charge in [-0.05, 0) is 100 Å². The molecule has 0 aliphatic carbocycles. The molecule has 0 saturated carbocycles. The normalized spacial score (nSPS) is 14.4. The monoisotopic (exact) mass is 723 g/mol. The zero-order valence-electron chi connectivity index (χ0n) is 29.1. The third-order valence-electron chi connectivity index (χ3n) is 8.23. The minimum absolute atomic E-state index is 0.0268. The number of rotatable bonds is 15. The van der Waals surface area contributed by atoms with Gasteiger partial charge in [0.15, 0.2) is 8.32 Å². The minimum atomic E-state index is -4.49. The van der Waals surface area contributed by atoms with Crippen molar-refractivity contribution in [1.29, 1.82) is 0 Å². The highest BCUT2D eigenvalue weighted by atomic mass is 35.5. The Kier molecular flexibility index (Phi) is 14.1. The third-order valence-corrected chi connectivity index (χ3v) is 14.9. The molecular formula is C33H50ClF3NO7PSi. The molecule has 0 fully saturated rings. The van der Waals surface area contributed by atoms with E-state index in [0.717, 1.165) is 17.7 Å². The Labute approximate surface area is 283 Å². The first-order valence-corrected chi connectivity index (χ1v) is 20.4. The largest absolute Gasteiger partial charge is 0.457 e. The molecule has 1 amide bonds. The molecule has 266 valence electrons. The summed E-state index contributed by atoms with van der Waals surface area (Å²) >= 11 is 6.60. The van der Waals surface area contributed by atoms with Gasteiger partial charge in [0.25, 0.3) is 0 Å². The van der Waals surface area contributed by atoms with Gasteiger partial charge in [-0.2, -0.15) is 13.2 Å². The molecule has 8 nitrogen and oxygen atoms in total. The molecule has 1 N–H and O–H groups in total. The topological polar surface area (TPSA) is 92.3 Å². The van der Waals surface area contributed by atoms with Crippen LogP contribution < -0.4 is 10.1 Å². The molecule has 0 aliphatic rings. The molecule has 1 atom stereocenters. The van der Waals surface area contributed by atoms with Crippen LogP contribution in [-0.4, -0.2) is 52.5 Å². The minimum Gasteiger partial charge on any atom is -0.457 e. The van der Waals surface area contributed by atoms with E-state index in [-0.39, 0.29) is 35.7 Å². The molecule has 0 saturated heterocycles. The molecule has 2 rings (SSSR count). The first-order valence-electron chi connectivity index (χ1n) is 15.4. The van der Waals surface area contributed by atoms with Crippen molar-refractivity contribution in [3.05, 3.63) is 58.6 Å². The Bertz CT molecular complexity index is 1390. The SMILES string of the molecule is COP(=O)(CCC(CCCc1ccc(Oc2cccc(C(F)(F)F)c2)cc1Cl)(CO[Si](C)(C)C(C)(C)C)NC(=O)OC(C)(C)C)OC. The number of amides is 1. The summed E-state index contributed by atoms with van der Waals surface area (Å²) in [7, 11) is -3.09. The average Bonchev–Trinajstić information content (AvgIpc) is 2.94. The predicted molar refractivity (Wildman–Crippen MR) is 182 cm³/mol. The van der Waals surface area contributed by atoms with Crippen molar-refractivity contribution in [3.8, 4) is 11.5 Å². The van der Waals surface area contributed by atoms with Crippen molar-refractivity contribution in [3.63, 3.8) is 0 Å². The van der Waals surface area contributed by atoms with E-state index in [1.165, 1.54) is 26.4 Å². The van der Waals surface area contributed by atoms with Crippen LogP contribution in [0.15, 0.2) is 42.5 Å². The maximum atomic E-state index is 13.2. The Morgan fingerprint density at radius 2 is 1.55 bits per heavy atom. The zero-order chi connectivity index (χ0) is 35.9. The highest BCUT2D eigenvalue weighted by Crippen LogP contribution is 2.48. The van der Waals surface area contributed by atoms with Crippen molar-refractivity contribution in [1.82, 2.24) is 5.32 Å². The molecule has 0 bridgehead atoms. The lowest BCUT2D eigenvalue weighted by Gasteiger charge is -2.42. The fourth-order valence-electron chi connectivity index (χ4n) is 4.38. The maximum absolute atomic E-state index is 13.2. The summed E-state index contributed by atoms with van der Waals surface area (Å²) in [5.41, 5.74) is -1.79. The van der Waals surface area contributed by atoms with Crippen molar-refractivity contribution in [2.24, 2.45) is 0 Å². The molecule has 2 aromatic carbocycles. The van der Waals surface area contributed by atoms with E-state index >= 15 is 0 Å². The van der Waals surface area contributed by atoms with Crippen LogP contribution in [-0.2, 0) is 35.4 Å². The van der Waals surface area contributed by atoms with Crippen LogP contribution in [0, 0.1) is 0 Å². The molecule has 0 aromatic heterocycles. The summed E-state index contributed by atoms with van der Waals surface area (Å²) in [6.45, 7) is 16.0.